The van der Waals surface area contributed by atoms with Crippen molar-refractivity contribution in [1.82, 2.24) is 29.3 Å². The molecule has 5 aromatic rings. The summed E-state index contributed by atoms with van der Waals surface area (Å²) in [4.78, 5) is 28.0. The van der Waals surface area contributed by atoms with Gasteiger partial charge in [-0.05, 0) is 42.8 Å². The van der Waals surface area contributed by atoms with Crippen LogP contribution in [0.1, 0.15) is 39.8 Å². The molecule has 0 aliphatic rings. The molecule has 0 radical (unpaired) electrons. The fraction of sp³-hybridized carbons (Fsp3) is 0.261. The summed E-state index contributed by atoms with van der Waals surface area (Å²) in [5, 5.41) is 22.9. The lowest BCUT2D eigenvalue weighted by Crippen LogP contribution is -2.30. The van der Waals surface area contributed by atoms with Crippen molar-refractivity contribution in [2.45, 2.75) is 32.5 Å². The Hall–Kier alpha value is -3.61. The lowest BCUT2D eigenvalue weighted by molar-refractivity contribution is 0.102. The second kappa shape index (κ2) is 9.21. The van der Waals surface area contributed by atoms with Gasteiger partial charge in [-0.1, -0.05) is 12.1 Å². The summed E-state index contributed by atoms with van der Waals surface area (Å²) in [5.74, 6) is 0.277. The average Bonchev–Trinajstić information content (AvgIpc) is 3.69. The highest BCUT2D eigenvalue weighted by molar-refractivity contribution is 7.11. The van der Waals surface area contributed by atoms with Gasteiger partial charge in [0, 0.05) is 22.8 Å². The van der Waals surface area contributed by atoms with Crippen molar-refractivity contribution in [3.8, 4) is 5.88 Å². The summed E-state index contributed by atoms with van der Waals surface area (Å²) in [7, 11) is 1.44. The zero-order valence-corrected chi connectivity index (χ0v) is 20.9. The summed E-state index contributed by atoms with van der Waals surface area (Å²) in [6, 6.07) is 9.25. The van der Waals surface area contributed by atoms with Crippen LogP contribution in [-0.2, 0) is 18.7 Å². The van der Waals surface area contributed by atoms with E-state index in [9.17, 15) is 9.90 Å². The number of carbonyl (C=O) groups excluding carboxylic acids is 1. The normalized spacial score (nSPS) is 11.8. The summed E-state index contributed by atoms with van der Waals surface area (Å²) in [5.41, 5.74) is -0.280. The van der Waals surface area contributed by atoms with E-state index < -0.39 is 11.5 Å². The molecule has 0 bridgehead atoms. The van der Waals surface area contributed by atoms with Gasteiger partial charge in [0.1, 0.15) is 11.9 Å². The number of thiophene rings is 2. The number of nitrogens with one attached hydrogen (secondary N) is 1. The highest BCUT2D eigenvalue weighted by atomic mass is 32.1. The zero-order valence-electron chi connectivity index (χ0n) is 19.3. The zero-order chi connectivity index (χ0) is 24.6. The predicted molar refractivity (Wildman–Crippen MR) is 134 cm³/mol. The van der Waals surface area contributed by atoms with E-state index in [1.54, 1.807) is 17.1 Å². The van der Waals surface area contributed by atoms with Crippen molar-refractivity contribution >= 4 is 45.7 Å². The Morgan fingerprint density at radius 1 is 1.14 bits per heavy atom. The molecule has 5 aromatic heterocycles. The molecule has 0 aromatic carbocycles. The summed E-state index contributed by atoms with van der Waals surface area (Å²) in [6.07, 6.45) is 1.54. The van der Waals surface area contributed by atoms with E-state index in [1.807, 2.05) is 53.4 Å². The third kappa shape index (κ3) is 3.89. The minimum Gasteiger partial charge on any atom is -0.480 e. The highest BCUT2D eigenvalue weighted by Crippen LogP contribution is 2.42. The Balaban J connectivity index is 1.65. The van der Waals surface area contributed by atoms with Crippen LogP contribution in [-0.4, -0.2) is 47.4 Å². The third-order valence-corrected chi connectivity index (χ3v) is 7.58. The molecule has 0 aliphatic carbocycles. The number of fused-ring (bicyclic) bond motifs is 1. The number of hydrogen-bond acceptors (Lipinski definition) is 9. The van der Waals surface area contributed by atoms with Crippen molar-refractivity contribution in [3.05, 3.63) is 68.6 Å². The van der Waals surface area contributed by atoms with Crippen molar-refractivity contribution in [2.75, 3.05) is 12.4 Å². The smallest absolute Gasteiger partial charge is 0.263 e. The van der Waals surface area contributed by atoms with Gasteiger partial charge in [-0.15, -0.1) is 27.8 Å². The van der Waals surface area contributed by atoms with Gasteiger partial charge in [-0.2, -0.15) is 4.98 Å². The standard InChI is InChI=1S/C23H23N7O3S2/c1-4-29-13-24-22(28-29)27-19(31)14-12-15-18(25-20(14)33-3)26-21(30(15)5-2)23(32,16-8-6-10-34-16)17-9-7-11-35-17/h6-13,32H,4-5H2,1-3H3,(H,27,28,31). The largest absolute Gasteiger partial charge is 0.480 e. The molecule has 0 spiro atoms. The molecular formula is C23H23N7O3S2. The molecule has 2 N–H and O–H groups in total. The molecule has 5 rings (SSSR count). The number of nitrogens with zero attached hydrogens (tertiary/aromatic N) is 6. The summed E-state index contributed by atoms with van der Waals surface area (Å²) >= 11 is 2.90. The highest BCUT2D eigenvalue weighted by Gasteiger charge is 2.41. The first-order valence-corrected chi connectivity index (χ1v) is 12.7. The number of carbonyl (C=O) groups is 1. The molecule has 10 nitrogen and oxygen atoms in total. The van der Waals surface area contributed by atoms with Gasteiger partial charge in [-0.3, -0.25) is 14.8 Å². The fourth-order valence-electron chi connectivity index (χ4n) is 3.93. The quantitative estimate of drug-likeness (QED) is 0.327. The number of imidazole rings is 1. The maximum atomic E-state index is 13.1. The monoisotopic (exact) mass is 509 g/mol. The minimum absolute atomic E-state index is 0.119. The first-order chi connectivity index (χ1) is 17.0. The van der Waals surface area contributed by atoms with Crippen LogP contribution in [0.4, 0.5) is 5.95 Å². The number of anilines is 1. The summed E-state index contributed by atoms with van der Waals surface area (Å²) in [6.45, 7) is 5.02. The van der Waals surface area contributed by atoms with Crippen LogP contribution in [0.5, 0.6) is 5.88 Å². The summed E-state index contributed by atoms with van der Waals surface area (Å²) < 4.78 is 8.92. The number of methoxy groups -OCH3 is 1. The van der Waals surface area contributed by atoms with Crippen LogP contribution < -0.4 is 10.1 Å². The first kappa shape index (κ1) is 23.1. The molecule has 12 heteroatoms. The Bertz CT molecular complexity index is 1440. The molecule has 0 atom stereocenters. The predicted octanol–water partition coefficient (Wildman–Crippen LogP) is 3.73. The number of ether oxygens (including phenoxy) is 1. The van der Waals surface area contributed by atoms with E-state index in [0.29, 0.717) is 30.1 Å². The molecule has 35 heavy (non-hydrogen) atoms. The molecule has 1 amide bonds. The van der Waals surface area contributed by atoms with Gasteiger partial charge in [-0.25, -0.2) is 9.97 Å². The molecule has 0 unspecified atom stereocenters. The fourth-order valence-corrected chi connectivity index (χ4v) is 5.66. The lowest BCUT2D eigenvalue weighted by atomic mass is 9.98. The SMILES string of the molecule is CCn1cnc(NC(=O)c2cc3c(nc2OC)nc(C(O)(c2cccs2)c2cccs2)n3CC)n1. The Morgan fingerprint density at radius 3 is 2.40 bits per heavy atom. The minimum atomic E-state index is -1.47. The molecule has 5 heterocycles. The van der Waals surface area contributed by atoms with E-state index in [1.165, 1.54) is 29.8 Å². The number of rotatable bonds is 8. The van der Waals surface area contributed by atoms with Gasteiger partial charge in [0.25, 0.3) is 5.91 Å². The molecule has 0 saturated carbocycles. The molecule has 0 saturated heterocycles. The van der Waals surface area contributed by atoms with E-state index in [4.69, 9.17) is 9.72 Å². The molecular weight excluding hydrogens is 486 g/mol. The number of hydrogen-bond donors (Lipinski definition) is 2. The van der Waals surface area contributed by atoms with E-state index in [2.05, 4.69) is 20.4 Å². The average molecular weight is 510 g/mol. The van der Waals surface area contributed by atoms with E-state index in [0.717, 1.165) is 9.75 Å². The van der Waals surface area contributed by atoms with Crippen LogP contribution in [0.15, 0.2) is 47.4 Å². The van der Waals surface area contributed by atoms with Gasteiger partial charge in [0.15, 0.2) is 17.1 Å². The molecule has 0 fully saturated rings. The lowest BCUT2D eigenvalue weighted by Gasteiger charge is -2.26. The third-order valence-electron chi connectivity index (χ3n) is 5.63. The van der Waals surface area contributed by atoms with Gasteiger partial charge in [0.05, 0.1) is 12.6 Å². The number of aliphatic hydroxyl groups is 1. The van der Waals surface area contributed by atoms with Crippen molar-refractivity contribution in [3.63, 3.8) is 0 Å². The number of pyridine rings is 1. The van der Waals surface area contributed by atoms with Crippen LogP contribution in [0.2, 0.25) is 0 Å². The number of aryl methyl sites for hydroxylation is 2. The topological polar surface area (TPSA) is 120 Å². The van der Waals surface area contributed by atoms with E-state index in [-0.39, 0.29) is 17.4 Å². The van der Waals surface area contributed by atoms with Crippen LogP contribution in [0, 0.1) is 0 Å². The first-order valence-electron chi connectivity index (χ1n) is 11.0. The van der Waals surface area contributed by atoms with Crippen molar-refractivity contribution in [1.29, 1.82) is 0 Å². The number of aromatic nitrogens is 6. The van der Waals surface area contributed by atoms with Crippen molar-refractivity contribution in [2.24, 2.45) is 0 Å². The van der Waals surface area contributed by atoms with Crippen LogP contribution >= 0.6 is 22.7 Å². The second-order valence-electron chi connectivity index (χ2n) is 7.61. The Morgan fingerprint density at radius 2 is 1.86 bits per heavy atom. The van der Waals surface area contributed by atoms with Crippen LogP contribution in [0.25, 0.3) is 11.2 Å². The molecule has 180 valence electrons. The maximum Gasteiger partial charge on any atom is 0.263 e. The maximum absolute atomic E-state index is 13.1. The van der Waals surface area contributed by atoms with Gasteiger partial charge < -0.3 is 14.4 Å². The van der Waals surface area contributed by atoms with E-state index >= 15 is 0 Å². The van der Waals surface area contributed by atoms with Crippen LogP contribution in [0.3, 0.4) is 0 Å². The Labute approximate surface area is 208 Å². The Kier molecular flexibility index (Phi) is 6.09. The molecule has 0 aliphatic heterocycles. The number of amides is 1. The second-order valence-corrected chi connectivity index (χ2v) is 9.51. The van der Waals surface area contributed by atoms with Gasteiger partial charge >= 0.3 is 0 Å². The van der Waals surface area contributed by atoms with Crippen molar-refractivity contribution < 1.29 is 14.6 Å². The van der Waals surface area contributed by atoms with Gasteiger partial charge in [0.2, 0.25) is 11.8 Å².